The van der Waals surface area contributed by atoms with Crippen LogP contribution >= 0.6 is 23.1 Å². The molecule has 0 amide bonds. The summed E-state index contributed by atoms with van der Waals surface area (Å²) in [6.07, 6.45) is 0.484. The van der Waals surface area contributed by atoms with Crippen LogP contribution in [0.1, 0.15) is 22.2 Å². The van der Waals surface area contributed by atoms with Crippen LogP contribution in [0.5, 0.6) is 0 Å². The third kappa shape index (κ3) is 2.84. The smallest absolute Gasteiger partial charge is 0.123 e. The molecule has 1 aromatic heterocycles. The van der Waals surface area contributed by atoms with Gasteiger partial charge in [0.15, 0.2) is 0 Å². The predicted molar refractivity (Wildman–Crippen MR) is 69.8 cm³/mol. The number of hydrogen-bond donors (Lipinski definition) is 2. The van der Waals surface area contributed by atoms with Gasteiger partial charge in [-0.1, -0.05) is 16.1 Å². The number of rotatable bonds is 4. The van der Waals surface area contributed by atoms with Gasteiger partial charge in [-0.25, -0.2) is 4.39 Å². The van der Waals surface area contributed by atoms with Gasteiger partial charge in [0.2, 0.25) is 0 Å². The van der Waals surface area contributed by atoms with Crippen molar-refractivity contribution >= 4 is 23.1 Å². The normalized spacial score (nSPS) is 12.7. The van der Waals surface area contributed by atoms with E-state index in [9.17, 15) is 4.39 Å². The van der Waals surface area contributed by atoms with Crippen molar-refractivity contribution < 1.29 is 4.39 Å². The van der Waals surface area contributed by atoms with Gasteiger partial charge >= 0.3 is 0 Å². The highest BCUT2D eigenvalue weighted by Gasteiger charge is 2.18. The van der Waals surface area contributed by atoms with E-state index in [-0.39, 0.29) is 11.9 Å². The first kappa shape index (κ1) is 13.4. The lowest BCUT2D eigenvalue weighted by Gasteiger charge is -2.15. The molecule has 1 unspecified atom stereocenters. The molecule has 2 aromatic rings. The molecule has 96 valence electrons. The molecule has 0 aliphatic rings. The van der Waals surface area contributed by atoms with E-state index in [0.717, 1.165) is 10.6 Å². The Morgan fingerprint density at radius 1 is 1.56 bits per heavy atom. The van der Waals surface area contributed by atoms with Gasteiger partial charge < -0.3 is 0 Å². The van der Waals surface area contributed by atoms with E-state index in [1.54, 1.807) is 0 Å². The molecule has 0 spiro atoms. The number of nitrogens with two attached hydrogens (primary N) is 1. The molecular formula is C11H12ClFN4S. The Balaban J connectivity index is 2.26. The molecule has 0 fully saturated rings. The topological polar surface area (TPSA) is 63.8 Å². The third-order valence-corrected chi connectivity index (χ3v) is 3.94. The van der Waals surface area contributed by atoms with Crippen LogP contribution in [-0.2, 0) is 6.42 Å². The second-order valence-electron chi connectivity index (χ2n) is 3.88. The fraction of sp³-hybridized carbons (Fsp3) is 0.273. The van der Waals surface area contributed by atoms with Gasteiger partial charge in [-0.3, -0.25) is 11.3 Å². The second-order valence-corrected chi connectivity index (χ2v) is 5.07. The largest absolute Gasteiger partial charge is 0.271 e. The summed E-state index contributed by atoms with van der Waals surface area (Å²) in [6, 6.07) is 4.11. The van der Waals surface area contributed by atoms with E-state index in [4.69, 9.17) is 17.4 Å². The van der Waals surface area contributed by atoms with Crippen molar-refractivity contribution in [1.29, 1.82) is 0 Å². The zero-order valence-corrected chi connectivity index (χ0v) is 11.2. The van der Waals surface area contributed by atoms with E-state index < -0.39 is 0 Å². The van der Waals surface area contributed by atoms with E-state index in [0.29, 0.717) is 17.0 Å². The SMILES string of the molecule is Cc1nnsc1C(Cc1cc(F)ccc1Cl)NN. The summed E-state index contributed by atoms with van der Waals surface area (Å²) < 4.78 is 17.1. The molecule has 0 saturated heterocycles. The summed E-state index contributed by atoms with van der Waals surface area (Å²) >= 11 is 7.31. The van der Waals surface area contributed by atoms with Crippen LogP contribution in [0, 0.1) is 12.7 Å². The minimum absolute atomic E-state index is 0.177. The average molecular weight is 287 g/mol. The predicted octanol–water partition coefficient (Wildman–Crippen LogP) is 2.39. The molecule has 0 radical (unpaired) electrons. The van der Waals surface area contributed by atoms with Crippen molar-refractivity contribution in [2.75, 3.05) is 0 Å². The van der Waals surface area contributed by atoms with Crippen LogP contribution in [0.25, 0.3) is 0 Å². The molecule has 1 aromatic carbocycles. The van der Waals surface area contributed by atoms with Crippen LogP contribution in [0.15, 0.2) is 18.2 Å². The summed E-state index contributed by atoms with van der Waals surface area (Å²) in [4.78, 5) is 0.929. The molecule has 0 saturated carbocycles. The van der Waals surface area contributed by atoms with Crippen molar-refractivity contribution in [2.24, 2.45) is 5.84 Å². The summed E-state index contributed by atoms with van der Waals surface area (Å²) in [5, 5.41) is 4.45. The molecule has 1 heterocycles. The fourth-order valence-corrected chi connectivity index (χ4v) is 2.60. The van der Waals surface area contributed by atoms with Crippen molar-refractivity contribution in [3.8, 4) is 0 Å². The van der Waals surface area contributed by atoms with Gasteiger partial charge in [0.1, 0.15) is 5.82 Å². The minimum atomic E-state index is -0.315. The average Bonchev–Trinajstić information content (AvgIpc) is 2.77. The fourth-order valence-electron chi connectivity index (χ4n) is 1.70. The maximum absolute atomic E-state index is 13.2. The maximum Gasteiger partial charge on any atom is 0.123 e. The lowest BCUT2D eigenvalue weighted by molar-refractivity contribution is 0.553. The molecule has 0 aliphatic carbocycles. The van der Waals surface area contributed by atoms with E-state index in [2.05, 4.69) is 15.0 Å². The molecule has 3 N–H and O–H groups in total. The number of hydrazine groups is 1. The number of aryl methyl sites for hydroxylation is 1. The Hall–Kier alpha value is -1.08. The molecule has 7 heteroatoms. The van der Waals surface area contributed by atoms with Crippen LogP contribution in [0.2, 0.25) is 5.02 Å². The summed E-state index contributed by atoms with van der Waals surface area (Å²) in [5.74, 6) is 5.22. The van der Waals surface area contributed by atoms with Gasteiger partial charge in [0, 0.05) is 5.02 Å². The highest BCUT2D eigenvalue weighted by atomic mass is 35.5. The number of aromatic nitrogens is 2. The Kier molecular flexibility index (Phi) is 4.23. The molecule has 18 heavy (non-hydrogen) atoms. The molecule has 1 atom stereocenters. The Labute approximate surface area is 113 Å². The zero-order valence-electron chi connectivity index (χ0n) is 9.65. The van der Waals surface area contributed by atoms with Crippen LogP contribution in [-0.4, -0.2) is 9.59 Å². The highest BCUT2D eigenvalue weighted by Crippen LogP contribution is 2.26. The maximum atomic E-state index is 13.2. The van der Waals surface area contributed by atoms with Gasteiger partial charge in [-0.15, -0.1) is 5.10 Å². The van der Waals surface area contributed by atoms with Crippen LogP contribution in [0.4, 0.5) is 4.39 Å². The van der Waals surface area contributed by atoms with Crippen LogP contribution in [0.3, 0.4) is 0 Å². The first-order valence-corrected chi connectivity index (χ1v) is 6.46. The number of halogens is 2. The molecular weight excluding hydrogens is 275 g/mol. The number of nitrogens with one attached hydrogen (secondary N) is 1. The van der Waals surface area contributed by atoms with Crippen molar-refractivity contribution in [3.05, 3.63) is 45.2 Å². The Bertz CT molecular complexity index is 546. The minimum Gasteiger partial charge on any atom is -0.271 e. The quantitative estimate of drug-likeness (QED) is 0.669. The molecule has 0 bridgehead atoms. The van der Waals surface area contributed by atoms with Gasteiger partial charge in [0.25, 0.3) is 0 Å². The van der Waals surface area contributed by atoms with Gasteiger partial charge in [-0.05, 0) is 48.6 Å². The van der Waals surface area contributed by atoms with Crippen molar-refractivity contribution in [2.45, 2.75) is 19.4 Å². The Morgan fingerprint density at radius 3 is 2.94 bits per heavy atom. The number of benzene rings is 1. The summed E-state index contributed by atoms with van der Waals surface area (Å²) in [5.41, 5.74) is 4.21. The monoisotopic (exact) mass is 286 g/mol. The van der Waals surface area contributed by atoms with E-state index >= 15 is 0 Å². The molecule has 4 nitrogen and oxygen atoms in total. The lowest BCUT2D eigenvalue weighted by Crippen LogP contribution is -2.29. The van der Waals surface area contributed by atoms with Crippen molar-refractivity contribution in [3.63, 3.8) is 0 Å². The zero-order chi connectivity index (χ0) is 13.1. The lowest BCUT2D eigenvalue weighted by atomic mass is 10.0. The first-order valence-electron chi connectivity index (χ1n) is 5.30. The number of hydrogen-bond acceptors (Lipinski definition) is 5. The summed E-state index contributed by atoms with van der Waals surface area (Å²) in [7, 11) is 0. The Morgan fingerprint density at radius 2 is 2.33 bits per heavy atom. The van der Waals surface area contributed by atoms with Gasteiger partial charge in [0.05, 0.1) is 16.6 Å². The van der Waals surface area contributed by atoms with Crippen molar-refractivity contribution in [1.82, 2.24) is 15.0 Å². The second kappa shape index (κ2) is 5.71. The van der Waals surface area contributed by atoms with E-state index in [1.165, 1.54) is 29.7 Å². The third-order valence-electron chi connectivity index (χ3n) is 2.64. The molecule has 0 aliphatic heterocycles. The first-order chi connectivity index (χ1) is 8.61. The van der Waals surface area contributed by atoms with Crippen LogP contribution < -0.4 is 11.3 Å². The van der Waals surface area contributed by atoms with Gasteiger partial charge in [-0.2, -0.15) is 0 Å². The highest BCUT2D eigenvalue weighted by molar-refractivity contribution is 7.05. The molecule has 2 rings (SSSR count). The summed E-state index contributed by atoms with van der Waals surface area (Å²) in [6.45, 7) is 1.86. The van der Waals surface area contributed by atoms with E-state index in [1.807, 2.05) is 6.92 Å². The number of nitrogens with zero attached hydrogens (tertiary/aromatic N) is 2. The standard InChI is InChI=1S/C11H12ClFN4S/c1-6-11(18-17-16-6)10(15-14)5-7-4-8(13)2-3-9(7)12/h2-4,10,15H,5,14H2,1H3.